The number of nitrogens with one attached hydrogen (secondary N) is 1. The molecular formula is C48H65N8O8PSi. The summed E-state index contributed by atoms with van der Waals surface area (Å²) in [7, 11) is 2.50. The molecular weight excluding hydrogens is 876 g/mol. The third kappa shape index (κ3) is 11.0. The number of H-pyrrole nitrogens is 1. The van der Waals surface area contributed by atoms with Gasteiger partial charge in [0, 0.05) is 26.7 Å². The van der Waals surface area contributed by atoms with Gasteiger partial charge in [0.25, 0.3) is 14.1 Å². The number of nitrogens with zero attached hydrogens (tertiary/aromatic N) is 7. The van der Waals surface area contributed by atoms with Gasteiger partial charge in [-0.25, -0.2) is 14.6 Å². The lowest BCUT2D eigenvalue weighted by Gasteiger charge is -2.42. The van der Waals surface area contributed by atoms with Crippen molar-refractivity contribution in [3.05, 3.63) is 112 Å². The van der Waals surface area contributed by atoms with E-state index in [2.05, 4.69) is 80.3 Å². The molecule has 0 saturated carbocycles. The molecule has 2 aromatic heterocycles. The first kappa shape index (κ1) is 50.4. The summed E-state index contributed by atoms with van der Waals surface area (Å²) in [6.07, 6.45) is -0.0506. The lowest BCUT2D eigenvalue weighted by Crippen LogP contribution is -2.50. The van der Waals surface area contributed by atoms with E-state index in [1.807, 2.05) is 93.0 Å². The first-order valence-electron chi connectivity index (χ1n) is 22.2. The predicted octanol–water partition coefficient (Wildman–Crippen LogP) is 8.93. The molecule has 0 amide bonds. The van der Waals surface area contributed by atoms with Crippen molar-refractivity contribution in [2.45, 2.75) is 102 Å². The molecule has 0 aliphatic carbocycles. The number of benzene rings is 3. The molecule has 1 N–H and O–H groups in total. The maximum absolute atomic E-state index is 13.6. The summed E-state index contributed by atoms with van der Waals surface area (Å²) < 4.78 is 51.2. The van der Waals surface area contributed by atoms with E-state index in [1.54, 1.807) is 36.4 Å². The number of ether oxygens (including phenoxy) is 4. The Hall–Kier alpha value is -5.02. The maximum atomic E-state index is 13.6. The number of hydrogen-bond donors (Lipinski definition) is 1. The van der Waals surface area contributed by atoms with Crippen molar-refractivity contribution in [2.24, 2.45) is 4.99 Å². The fourth-order valence-corrected chi connectivity index (χ4v) is 10.5. The molecule has 5 atom stereocenters. The standard InChI is InChI=1S/C48H65N8O8PSi/c1-13-56(33(2)3)65(61-29-17-28-49)63-41-39(30-60-48(34-18-15-14-16-19-34,35-20-24-37(58-9)25-21-35)36-22-26-38(59-10)27-23-36)62-45(42(41)64-66(11,12)47(4,5)6)55-32-50-40-43(55)52-46(53-44(40)57)51-31-54(7)8/h14-16,18-27,31-33,39,41-42,45H,13,17,29-30H2,1-12H3,(H,52,53,57)/b51-31+/t39-,41-,42-,45-,65?/m1/s1. The van der Waals surface area contributed by atoms with Gasteiger partial charge in [0.1, 0.15) is 35.4 Å². The molecule has 3 heterocycles. The van der Waals surface area contributed by atoms with Gasteiger partial charge in [-0.2, -0.15) is 10.2 Å². The van der Waals surface area contributed by atoms with Gasteiger partial charge in [0.05, 0.1) is 52.6 Å². The van der Waals surface area contributed by atoms with Gasteiger partial charge < -0.3 is 37.3 Å². The molecule has 66 heavy (non-hydrogen) atoms. The predicted molar refractivity (Wildman–Crippen MR) is 260 cm³/mol. The lowest BCUT2D eigenvalue weighted by molar-refractivity contribution is -0.0925. The number of methoxy groups -OCH3 is 2. The first-order chi connectivity index (χ1) is 31.5. The van der Waals surface area contributed by atoms with E-state index in [-0.39, 0.29) is 47.8 Å². The summed E-state index contributed by atoms with van der Waals surface area (Å²) in [6, 6.07) is 28.0. The third-order valence-corrected chi connectivity index (χ3v) is 18.5. The van der Waals surface area contributed by atoms with Crippen LogP contribution >= 0.6 is 8.53 Å². The first-order valence-corrected chi connectivity index (χ1v) is 26.2. The van der Waals surface area contributed by atoms with Crippen LogP contribution in [-0.4, -0.2) is 116 Å². The molecule has 1 aliphatic rings. The molecule has 1 unspecified atom stereocenters. The molecule has 1 aliphatic heterocycles. The number of imidazole rings is 1. The van der Waals surface area contributed by atoms with Crippen LogP contribution in [0.5, 0.6) is 11.5 Å². The SMILES string of the molecule is CCN(C(C)C)P(OCCC#N)O[C@H]1[C@@H](O[Si](C)(C)C(C)(C)C)[C@H](n2cnc3c(=O)[nH]c(/N=C/N(C)C)nc32)O[C@@H]1COC(c1ccccc1)(c1ccc(OC)cc1)c1ccc(OC)cc1. The zero-order valence-electron chi connectivity index (χ0n) is 40.2. The number of fused-ring (bicyclic) bond motifs is 1. The lowest BCUT2D eigenvalue weighted by atomic mass is 9.80. The number of rotatable bonds is 21. The largest absolute Gasteiger partial charge is 0.497 e. The molecule has 16 nitrogen and oxygen atoms in total. The zero-order chi connectivity index (χ0) is 47.8. The highest BCUT2D eigenvalue weighted by atomic mass is 31.2. The number of aromatic amines is 1. The third-order valence-electron chi connectivity index (χ3n) is 12.0. The Labute approximate surface area is 390 Å². The highest BCUT2D eigenvalue weighted by Crippen LogP contribution is 2.52. The zero-order valence-corrected chi connectivity index (χ0v) is 42.1. The van der Waals surface area contributed by atoms with Crippen molar-refractivity contribution in [3.8, 4) is 17.6 Å². The van der Waals surface area contributed by atoms with Gasteiger partial charge in [-0.15, -0.1) is 0 Å². The quantitative estimate of drug-likeness (QED) is 0.0185. The van der Waals surface area contributed by atoms with Gasteiger partial charge >= 0.3 is 0 Å². The van der Waals surface area contributed by atoms with Crippen molar-refractivity contribution in [3.63, 3.8) is 0 Å². The molecule has 1 fully saturated rings. The summed E-state index contributed by atoms with van der Waals surface area (Å²) in [6.45, 7) is 17.9. The highest BCUT2D eigenvalue weighted by Gasteiger charge is 2.54. The summed E-state index contributed by atoms with van der Waals surface area (Å²) in [5.41, 5.74) is 1.29. The van der Waals surface area contributed by atoms with Crippen molar-refractivity contribution < 1.29 is 32.4 Å². The Kier molecular flexibility index (Phi) is 16.6. The van der Waals surface area contributed by atoms with E-state index in [9.17, 15) is 10.1 Å². The molecule has 6 rings (SSSR count). The summed E-state index contributed by atoms with van der Waals surface area (Å²) in [5, 5.41) is 9.34. The van der Waals surface area contributed by atoms with Crippen LogP contribution in [0.4, 0.5) is 5.95 Å². The molecule has 354 valence electrons. The van der Waals surface area contributed by atoms with Gasteiger partial charge in [0.15, 0.2) is 25.7 Å². The second kappa shape index (κ2) is 21.7. The second-order valence-electron chi connectivity index (χ2n) is 18.0. The Morgan fingerprint density at radius 3 is 2.11 bits per heavy atom. The van der Waals surface area contributed by atoms with Gasteiger partial charge in [-0.1, -0.05) is 82.3 Å². The van der Waals surface area contributed by atoms with Crippen LogP contribution in [0.15, 0.2) is 95.0 Å². The average molecular weight is 941 g/mol. The van der Waals surface area contributed by atoms with Crippen molar-refractivity contribution in [1.29, 1.82) is 5.26 Å². The number of hydrogen-bond acceptors (Lipinski definition) is 13. The molecule has 5 aromatic rings. The molecule has 18 heteroatoms. The Morgan fingerprint density at radius 1 is 0.970 bits per heavy atom. The molecule has 3 aromatic carbocycles. The summed E-state index contributed by atoms with van der Waals surface area (Å²) in [5.74, 6) is 1.50. The second-order valence-corrected chi connectivity index (χ2v) is 24.3. The van der Waals surface area contributed by atoms with Crippen LogP contribution in [-0.2, 0) is 28.5 Å². The Morgan fingerprint density at radius 2 is 1.58 bits per heavy atom. The van der Waals surface area contributed by atoms with E-state index in [0.29, 0.717) is 18.0 Å². The van der Waals surface area contributed by atoms with E-state index < -0.39 is 52.5 Å². The van der Waals surface area contributed by atoms with Gasteiger partial charge in [0.2, 0.25) is 5.95 Å². The molecule has 1 saturated heterocycles. The highest BCUT2D eigenvalue weighted by molar-refractivity contribution is 7.44. The average Bonchev–Trinajstić information content (AvgIpc) is 3.87. The van der Waals surface area contributed by atoms with Crippen LogP contribution in [0.1, 0.15) is 70.9 Å². The number of aromatic nitrogens is 4. The van der Waals surface area contributed by atoms with Crippen LogP contribution in [0.2, 0.25) is 18.1 Å². The monoisotopic (exact) mass is 940 g/mol. The van der Waals surface area contributed by atoms with E-state index in [4.69, 9.17) is 37.4 Å². The van der Waals surface area contributed by atoms with Crippen molar-refractivity contribution in [2.75, 3.05) is 48.1 Å². The Bertz CT molecular complexity index is 2420. The van der Waals surface area contributed by atoms with Gasteiger partial charge in [-0.05, 0) is 72.9 Å². The smallest absolute Gasteiger partial charge is 0.280 e. The van der Waals surface area contributed by atoms with Crippen LogP contribution in [0, 0.1) is 11.3 Å². The molecule has 0 radical (unpaired) electrons. The molecule has 0 bridgehead atoms. The van der Waals surface area contributed by atoms with E-state index in [1.165, 1.54) is 0 Å². The minimum atomic E-state index is -2.65. The fourth-order valence-electron chi connectivity index (χ4n) is 7.56. The molecule has 0 spiro atoms. The topological polar surface area (TPSA) is 171 Å². The van der Waals surface area contributed by atoms with Crippen LogP contribution < -0.4 is 15.0 Å². The van der Waals surface area contributed by atoms with Gasteiger partial charge in [-0.3, -0.25) is 14.3 Å². The van der Waals surface area contributed by atoms with Crippen LogP contribution in [0.25, 0.3) is 11.2 Å². The summed E-state index contributed by atoms with van der Waals surface area (Å²) >= 11 is 0. The summed E-state index contributed by atoms with van der Waals surface area (Å²) in [4.78, 5) is 31.8. The van der Waals surface area contributed by atoms with Crippen molar-refractivity contribution in [1.82, 2.24) is 29.1 Å². The number of nitriles is 1. The van der Waals surface area contributed by atoms with Crippen molar-refractivity contribution >= 4 is 40.3 Å². The van der Waals surface area contributed by atoms with Crippen LogP contribution in [0.3, 0.4) is 0 Å². The Balaban J connectivity index is 1.58. The minimum absolute atomic E-state index is 0.0142. The minimum Gasteiger partial charge on any atom is -0.497 e. The fraction of sp³-hybridized carbons (Fsp3) is 0.479. The number of aliphatic imine (C=N–C) groups is 1. The maximum Gasteiger partial charge on any atom is 0.280 e. The van der Waals surface area contributed by atoms with E-state index >= 15 is 0 Å². The normalized spacial score (nSPS) is 18.6. The van der Waals surface area contributed by atoms with E-state index in [0.717, 1.165) is 16.7 Å².